The topological polar surface area (TPSA) is 69.6 Å². The molecule has 15 heavy (non-hydrogen) atoms. The van der Waals surface area contributed by atoms with Crippen LogP contribution in [-0.4, -0.2) is 31.0 Å². The molecule has 6 nitrogen and oxygen atoms in total. The van der Waals surface area contributed by atoms with Crippen LogP contribution in [-0.2, 0) is 13.0 Å². The van der Waals surface area contributed by atoms with E-state index in [4.69, 9.17) is 16.1 Å². The molecule has 0 saturated heterocycles. The van der Waals surface area contributed by atoms with Gasteiger partial charge in [-0.05, 0) is 6.92 Å². The lowest BCUT2D eigenvalue weighted by Gasteiger charge is -1.91. The predicted molar refractivity (Wildman–Crippen MR) is 52.6 cm³/mol. The van der Waals surface area contributed by atoms with Gasteiger partial charge in [-0.1, -0.05) is 10.4 Å². The second-order valence-electron chi connectivity index (χ2n) is 3.08. The van der Waals surface area contributed by atoms with Crippen LogP contribution >= 0.6 is 11.6 Å². The summed E-state index contributed by atoms with van der Waals surface area (Å²) >= 11 is 5.59. The number of halogens is 1. The molecule has 0 aromatic carbocycles. The Balaban J connectivity index is 2.04. The van der Waals surface area contributed by atoms with E-state index < -0.39 is 0 Å². The average molecular weight is 228 g/mol. The summed E-state index contributed by atoms with van der Waals surface area (Å²) in [5.74, 6) is 1.68. The summed E-state index contributed by atoms with van der Waals surface area (Å²) in [6.07, 6.45) is 2.53. The zero-order chi connectivity index (χ0) is 10.7. The van der Waals surface area contributed by atoms with Crippen molar-refractivity contribution in [3.63, 3.8) is 0 Å². The molecule has 0 unspecified atom stereocenters. The number of rotatable bonds is 4. The van der Waals surface area contributed by atoms with E-state index in [1.807, 2.05) is 6.20 Å². The maximum Gasteiger partial charge on any atom is 0.248 e. The van der Waals surface area contributed by atoms with Crippen molar-refractivity contribution in [2.75, 3.05) is 5.88 Å². The van der Waals surface area contributed by atoms with Crippen LogP contribution in [0.4, 0.5) is 0 Å². The Labute approximate surface area is 91.2 Å². The van der Waals surface area contributed by atoms with Crippen molar-refractivity contribution < 1.29 is 4.52 Å². The van der Waals surface area contributed by atoms with Crippen LogP contribution in [0.1, 0.15) is 17.4 Å². The number of aromatic nitrogens is 5. The van der Waals surface area contributed by atoms with Gasteiger partial charge in [0.05, 0.1) is 5.69 Å². The van der Waals surface area contributed by atoms with Crippen LogP contribution in [0, 0.1) is 6.92 Å². The summed E-state index contributed by atoms with van der Waals surface area (Å²) in [6.45, 7) is 2.21. The molecule has 0 N–H and O–H groups in total. The lowest BCUT2D eigenvalue weighted by molar-refractivity contribution is 0.361. The lowest BCUT2D eigenvalue weighted by Crippen LogP contribution is -2.00. The first kappa shape index (κ1) is 10.1. The number of alkyl halides is 1. The molecule has 0 atom stereocenters. The van der Waals surface area contributed by atoms with E-state index in [1.165, 1.54) is 0 Å². The first-order valence-corrected chi connectivity index (χ1v) is 5.05. The zero-order valence-corrected chi connectivity index (χ0v) is 8.98. The fourth-order valence-electron chi connectivity index (χ4n) is 1.17. The van der Waals surface area contributed by atoms with Crippen LogP contribution in [0.5, 0.6) is 0 Å². The molecule has 0 bridgehead atoms. The molecule has 2 aromatic heterocycles. The number of hydrogen-bond donors (Lipinski definition) is 0. The van der Waals surface area contributed by atoms with Gasteiger partial charge in [0.25, 0.3) is 0 Å². The zero-order valence-electron chi connectivity index (χ0n) is 8.22. The van der Waals surface area contributed by atoms with E-state index in [0.717, 1.165) is 5.69 Å². The minimum Gasteiger partial charge on any atom is -0.337 e. The molecular formula is C8H10ClN5O. The van der Waals surface area contributed by atoms with Crippen LogP contribution in [0.25, 0.3) is 0 Å². The summed E-state index contributed by atoms with van der Waals surface area (Å²) in [4.78, 5) is 4.07. The maximum atomic E-state index is 5.59. The lowest BCUT2D eigenvalue weighted by atomic mass is 10.4. The molecule has 2 heterocycles. The van der Waals surface area contributed by atoms with Gasteiger partial charge in [-0.2, -0.15) is 4.98 Å². The Hall–Kier alpha value is -1.43. The molecule has 0 amide bonds. The Morgan fingerprint density at radius 3 is 3.07 bits per heavy atom. The highest BCUT2D eigenvalue weighted by molar-refractivity contribution is 6.17. The van der Waals surface area contributed by atoms with Gasteiger partial charge >= 0.3 is 0 Å². The van der Waals surface area contributed by atoms with Gasteiger partial charge in [0.15, 0.2) is 5.82 Å². The van der Waals surface area contributed by atoms with Gasteiger partial charge in [-0.15, -0.1) is 16.7 Å². The highest BCUT2D eigenvalue weighted by Gasteiger charge is 2.05. The van der Waals surface area contributed by atoms with E-state index in [0.29, 0.717) is 30.6 Å². The molecule has 2 aromatic rings. The first-order chi connectivity index (χ1) is 7.28. The molecule has 2 rings (SSSR count). The SMILES string of the molecule is Cc1noc(Cn2cc(CCCl)nn2)n1. The fraction of sp³-hybridized carbons (Fsp3) is 0.500. The monoisotopic (exact) mass is 227 g/mol. The van der Waals surface area contributed by atoms with Gasteiger partial charge in [-0.25, -0.2) is 4.68 Å². The smallest absolute Gasteiger partial charge is 0.248 e. The Bertz CT molecular complexity index is 438. The Morgan fingerprint density at radius 2 is 2.40 bits per heavy atom. The summed E-state index contributed by atoms with van der Waals surface area (Å²) in [6, 6.07) is 0. The quantitative estimate of drug-likeness (QED) is 0.723. The van der Waals surface area contributed by atoms with Gasteiger partial charge in [0.1, 0.15) is 6.54 Å². The van der Waals surface area contributed by atoms with Crippen molar-refractivity contribution in [3.8, 4) is 0 Å². The van der Waals surface area contributed by atoms with E-state index in [2.05, 4.69) is 20.5 Å². The van der Waals surface area contributed by atoms with E-state index in [1.54, 1.807) is 11.6 Å². The molecule has 0 aliphatic carbocycles. The summed E-state index contributed by atoms with van der Waals surface area (Å²) < 4.78 is 6.61. The van der Waals surface area contributed by atoms with Crippen LogP contribution in [0.3, 0.4) is 0 Å². The second kappa shape index (κ2) is 4.39. The van der Waals surface area contributed by atoms with Gasteiger partial charge in [-0.3, -0.25) is 0 Å². The van der Waals surface area contributed by atoms with Crippen molar-refractivity contribution in [1.82, 2.24) is 25.1 Å². The minimum atomic E-state index is 0.441. The molecular weight excluding hydrogens is 218 g/mol. The first-order valence-electron chi connectivity index (χ1n) is 4.52. The third-order valence-corrected chi connectivity index (χ3v) is 1.99. The second-order valence-corrected chi connectivity index (χ2v) is 3.46. The van der Waals surface area contributed by atoms with Gasteiger partial charge < -0.3 is 4.52 Å². The van der Waals surface area contributed by atoms with E-state index in [-0.39, 0.29) is 0 Å². The molecule has 0 aliphatic rings. The van der Waals surface area contributed by atoms with Crippen LogP contribution < -0.4 is 0 Å². The van der Waals surface area contributed by atoms with Crippen LogP contribution in [0.2, 0.25) is 0 Å². The standard InChI is InChI=1S/C8H10ClN5O/c1-6-10-8(15-12-6)5-14-4-7(2-3-9)11-13-14/h4H,2-3,5H2,1H3. The van der Waals surface area contributed by atoms with Crippen LogP contribution in [0.15, 0.2) is 10.7 Å². The van der Waals surface area contributed by atoms with E-state index >= 15 is 0 Å². The van der Waals surface area contributed by atoms with Crippen molar-refractivity contribution in [3.05, 3.63) is 23.6 Å². The molecule has 7 heteroatoms. The summed E-state index contributed by atoms with van der Waals surface area (Å²) in [7, 11) is 0. The van der Waals surface area contributed by atoms with Crippen molar-refractivity contribution in [2.24, 2.45) is 0 Å². The predicted octanol–water partition coefficient (Wildman–Crippen LogP) is 0.799. The third kappa shape index (κ3) is 2.53. The van der Waals surface area contributed by atoms with Crippen molar-refractivity contribution >= 4 is 11.6 Å². The Morgan fingerprint density at radius 1 is 1.53 bits per heavy atom. The van der Waals surface area contributed by atoms with Gasteiger partial charge in [0.2, 0.25) is 5.89 Å². The molecule has 0 saturated carbocycles. The van der Waals surface area contributed by atoms with Crippen molar-refractivity contribution in [1.29, 1.82) is 0 Å². The molecule has 0 spiro atoms. The summed E-state index contributed by atoms with van der Waals surface area (Å²) in [5.41, 5.74) is 0.862. The Kier molecular flexibility index (Phi) is 2.96. The highest BCUT2D eigenvalue weighted by atomic mass is 35.5. The van der Waals surface area contributed by atoms with Gasteiger partial charge in [0, 0.05) is 18.5 Å². The molecule has 0 aliphatic heterocycles. The van der Waals surface area contributed by atoms with E-state index in [9.17, 15) is 0 Å². The highest BCUT2D eigenvalue weighted by Crippen LogP contribution is 2.01. The minimum absolute atomic E-state index is 0.441. The summed E-state index contributed by atoms with van der Waals surface area (Å²) in [5, 5.41) is 11.6. The molecule has 0 radical (unpaired) electrons. The average Bonchev–Trinajstić information content (AvgIpc) is 2.78. The fourth-order valence-corrected chi connectivity index (χ4v) is 1.36. The number of nitrogens with zero attached hydrogens (tertiary/aromatic N) is 5. The molecule has 0 fully saturated rings. The number of hydrogen-bond acceptors (Lipinski definition) is 5. The third-order valence-electron chi connectivity index (χ3n) is 1.80. The number of aryl methyl sites for hydroxylation is 2. The van der Waals surface area contributed by atoms with Crippen molar-refractivity contribution in [2.45, 2.75) is 19.9 Å². The maximum absolute atomic E-state index is 5.59. The largest absolute Gasteiger partial charge is 0.337 e. The molecule has 80 valence electrons. The normalized spacial score (nSPS) is 10.8.